The smallest absolute Gasteiger partial charge is 0.351 e. The van der Waals surface area contributed by atoms with Gasteiger partial charge in [-0.25, -0.2) is 4.79 Å². The number of likely N-dealkylation sites (N-methyl/N-ethyl adjacent to an activating group) is 1. The van der Waals surface area contributed by atoms with Gasteiger partial charge in [0.25, 0.3) is 17.7 Å². The zero-order valence-corrected chi connectivity index (χ0v) is 17.6. The second kappa shape index (κ2) is 11.9. The number of nitrogens with zero attached hydrogens (tertiary/aromatic N) is 2. The van der Waals surface area contributed by atoms with E-state index >= 15 is 0 Å². The fourth-order valence-corrected chi connectivity index (χ4v) is 3.09. The molecule has 0 aromatic heterocycles. The molecule has 0 atom stereocenters. The van der Waals surface area contributed by atoms with Crippen LogP contribution in [0.3, 0.4) is 0 Å². The molecule has 1 aromatic carbocycles. The van der Waals surface area contributed by atoms with Crippen LogP contribution < -0.4 is 10.6 Å². The molecule has 30 heavy (non-hydrogen) atoms. The summed E-state index contributed by atoms with van der Waals surface area (Å²) in [6.45, 7) is 7.81. The van der Waals surface area contributed by atoms with Gasteiger partial charge in [0.2, 0.25) is 0 Å². The van der Waals surface area contributed by atoms with Crippen molar-refractivity contribution in [2.24, 2.45) is 0 Å². The standard InChI is InChI=1S/C21H30N4O5/c1-3-24(4-2)14-13-22-20(28)17-9-5-7-16(15-17)8-6-12-23-21(29)30-25-18(26)10-11-19(25)27/h5,7,9,15H,3-4,6,8,10-14H2,1-2H3,(H,22,28)(H,23,29). The Hall–Kier alpha value is -2.94. The summed E-state index contributed by atoms with van der Waals surface area (Å²) in [4.78, 5) is 53.8. The molecule has 0 unspecified atom stereocenters. The molecule has 2 N–H and O–H groups in total. The Bertz CT molecular complexity index is 748. The van der Waals surface area contributed by atoms with Crippen molar-refractivity contribution in [2.75, 3.05) is 32.7 Å². The Morgan fingerprint density at radius 2 is 1.77 bits per heavy atom. The number of rotatable bonds is 11. The average Bonchev–Trinajstić information content (AvgIpc) is 3.06. The topological polar surface area (TPSA) is 108 Å². The number of amides is 4. The minimum absolute atomic E-state index is 0.0610. The van der Waals surface area contributed by atoms with E-state index in [2.05, 4.69) is 29.4 Å². The molecule has 1 fully saturated rings. The van der Waals surface area contributed by atoms with Crippen LogP contribution in [0.2, 0.25) is 0 Å². The second-order valence-electron chi connectivity index (χ2n) is 6.97. The first-order chi connectivity index (χ1) is 14.4. The highest BCUT2D eigenvalue weighted by Crippen LogP contribution is 2.12. The first-order valence-corrected chi connectivity index (χ1v) is 10.4. The van der Waals surface area contributed by atoms with E-state index in [4.69, 9.17) is 4.84 Å². The van der Waals surface area contributed by atoms with Gasteiger partial charge in [-0.05, 0) is 43.6 Å². The van der Waals surface area contributed by atoms with Gasteiger partial charge in [0, 0.05) is 38.0 Å². The molecule has 0 bridgehead atoms. The molecule has 0 aliphatic carbocycles. The number of carbonyl (C=O) groups is 4. The molecule has 1 aromatic rings. The monoisotopic (exact) mass is 418 g/mol. The summed E-state index contributed by atoms with van der Waals surface area (Å²) in [5.74, 6) is -1.13. The summed E-state index contributed by atoms with van der Waals surface area (Å²) in [7, 11) is 0. The Kier molecular flexibility index (Phi) is 9.27. The van der Waals surface area contributed by atoms with Crippen LogP contribution >= 0.6 is 0 Å². The summed E-state index contributed by atoms with van der Waals surface area (Å²) in [6.07, 6.45) is 0.559. The van der Waals surface area contributed by atoms with Gasteiger partial charge in [-0.1, -0.05) is 26.0 Å². The predicted molar refractivity (Wildman–Crippen MR) is 110 cm³/mol. The van der Waals surface area contributed by atoms with Crippen molar-refractivity contribution >= 4 is 23.8 Å². The van der Waals surface area contributed by atoms with Crippen molar-refractivity contribution in [3.05, 3.63) is 35.4 Å². The Labute approximate surface area is 176 Å². The molecule has 164 valence electrons. The minimum atomic E-state index is -0.833. The van der Waals surface area contributed by atoms with E-state index in [1.807, 2.05) is 18.2 Å². The van der Waals surface area contributed by atoms with E-state index in [-0.39, 0.29) is 18.7 Å². The summed E-state index contributed by atoms with van der Waals surface area (Å²) in [6, 6.07) is 7.37. The van der Waals surface area contributed by atoms with Gasteiger partial charge >= 0.3 is 6.09 Å². The minimum Gasteiger partial charge on any atom is -0.351 e. The SMILES string of the molecule is CCN(CC)CCNC(=O)c1cccc(CCCNC(=O)ON2C(=O)CCC2=O)c1. The lowest BCUT2D eigenvalue weighted by atomic mass is 10.1. The molecular formula is C21H30N4O5. The largest absolute Gasteiger partial charge is 0.432 e. The van der Waals surface area contributed by atoms with Crippen LogP contribution in [0.15, 0.2) is 24.3 Å². The number of hydrogen-bond donors (Lipinski definition) is 2. The van der Waals surface area contributed by atoms with Crippen LogP contribution in [0, 0.1) is 0 Å². The summed E-state index contributed by atoms with van der Waals surface area (Å²) >= 11 is 0. The number of nitrogens with one attached hydrogen (secondary N) is 2. The number of hydrogen-bond acceptors (Lipinski definition) is 6. The van der Waals surface area contributed by atoms with Crippen LogP contribution in [-0.2, 0) is 20.8 Å². The van der Waals surface area contributed by atoms with Crippen LogP contribution in [0.25, 0.3) is 0 Å². The third kappa shape index (κ3) is 7.14. The van der Waals surface area contributed by atoms with Crippen LogP contribution in [0.4, 0.5) is 4.79 Å². The van der Waals surface area contributed by atoms with Crippen LogP contribution in [0.5, 0.6) is 0 Å². The lowest BCUT2D eigenvalue weighted by Crippen LogP contribution is -2.37. The summed E-state index contributed by atoms with van der Waals surface area (Å²) < 4.78 is 0. The lowest BCUT2D eigenvalue weighted by molar-refractivity contribution is -0.171. The van der Waals surface area contributed by atoms with Crippen molar-refractivity contribution in [1.29, 1.82) is 0 Å². The normalized spacial score (nSPS) is 13.6. The molecule has 1 heterocycles. The molecule has 1 aliphatic rings. The number of benzene rings is 1. The van der Waals surface area contributed by atoms with Gasteiger partial charge in [-0.15, -0.1) is 5.06 Å². The lowest BCUT2D eigenvalue weighted by Gasteiger charge is -2.18. The third-order valence-electron chi connectivity index (χ3n) is 4.89. The highest BCUT2D eigenvalue weighted by molar-refractivity contribution is 6.01. The molecule has 9 nitrogen and oxygen atoms in total. The van der Waals surface area contributed by atoms with Gasteiger partial charge < -0.3 is 20.4 Å². The molecular weight excluding hydrogens is 388 g/mol. The van der Waals surface area contributed by atoms with Gasteiger partial charge in [-0.3, -0.25) is 14.4 Å². The van der Waals surface area contributed by atoms with E-state index in [0.717, 1.165) is 25.2 Å². The van der Waals surface area contributed by atoms with Gasteiger partial charge in [0.15, 0.2) is 0 Å². The van der Waals surface area contributed by atoms with Crippen molar-refractivity contribution in [1.82, 2.24) is 20.6 Å². The van der Waals surface area contributed by atoms with E-state index in [9.17, 15) is 19.2 Å². The second-order valence-corrected chi connectivity index (χ2v) is 6.97. The molecule has 0 radical (unpaired) electrons. The van der Waals surface area contributed by atoms with E-state index in [1.165, 1.54) is 0 Å². The first kappa shape index (κ1) is 23.3. The summed E-state index contributed by atoms with van der Waals surface area (Å²) in [5.41, 5.74) is 1.58. The zero-order chi connectivity index (χ0) is 21.9. The highest BCUT2D eigenvalue weighted by Gasteiger charge is 2.32. The zero-order valence-electron chi connectivity index (χ0n) is 17.6. The predicted octanol–water partition coefficient (Wildman–Crippen LogP) is 1.48. The quantitative estimate of drug-likeness (QED) is 0.416. The molecule has 1 aliphatic heterocycles. The molecule has 0 spiro atoms. The van der Waals surface area contributed by atoms with Crippen molar-refractivity contribution in [2.45, 2.75) is 39.5 Å². The fraction of sp³-hybridized carbons (Fsp3) is 0.524. The number of imide groups is 1. The Morgan fingerprint density at radius 3 is 2.43 bits per heavy atom. The molecule has 4 amide bonds. The maximum Gasteiger partial charge on any atom is 0.432 e. The first-order valence-electron chi connectivity index (χ1n) is 10.4. The van der Waals surface area contributed by atoms with E-state index < -0.39 is 17.9 Å². The fourth-order valence-electron chi connectivity index (χ4n) is 3.09. The van der Waals surface area contributed by atoms with Crippen LogP contribution in [-0.4, -0.2) is 66.5 Å². The van der Waals surface area contributed by atoms with Gasteiger partial charge in [0.05, 0.1) is 0 Å². The van der Waals surface area contributed by atoms with Crippen molar-refractivity contribution < 1.29 is 24.0 Å². The van der Waals surface area contributed by atoms with Crippen molar-refractivity contribution in [3.63, 3.8) is 0 Å². The van der Waals surface area contributed by atoms with E-state index in [0.29, 0.717) is 36.6 Å². The van der Waals surface area contributed by atoms with Crippen LogP contribution in [0.1, 0.15) is 49.0 Å². The highest BCUT2D eigenvalue weighted by atomic mass is 16.7. The average molecular weight is 418 g/mol. The Balaban J connectivity index is 1.70. The van der Waals surface area contributed by atoms with Gasteiger partial charge in [-0.2, -0.15) is 0 Å². The number of aryl methyl sites for hydroxylation is 1. The summed E-state index contributed by atoms with van der Waals surface area (Å²) in [5, 5.41) is 5.96. The molecule has 0 saturated carbocycles. The maximum atomic E-state index is 12.3. The van der Waals surface area contributed by atoms with Gasteiger partial charge in [0.1, 0.15) is 0 Å². The molecule has 2 rings (SSSR count). The van der Waals surface area contributed by atoms with Crippen molar-refractivity contribution in [3.8, 4) is 0 Å². The number of hydroxylamine groups is 2. The number of carbonyl (C=O) groups excluding carboxylic acids is 4. The molecule has 1 saturated heterocycles. The molecule has 9 heteroatoms. The Morgan fingerprint density at radius 1 is 1.07 bits per heavy atom. The maximum absolute atomic E-state index is 12.3. The van der Waals surface area contributed by atoms with E-state index in [1.54, 1.807) is 6.07 Å². The third-order valence-corrected chi connectivity index (χ3v) is 4.89.